The predicted octanol–water partition coefficient (Wildman–Crippen LogP) is 3.77. The zero-order chi connectivity index (χ0) is 17.6. The van der Waals surface area contributed by atoms with Gasteiger partial charge in [0.15, 0.2) is 5.16 Å². The fourth-order valence-electron chi connectivity index (χ4n) is 3.23. The minimum Gasteiger partial charge on any atom is -0.329 e. The van der Waals surface area contributed by atoms with Crippen LogP contribution in [0.5, 0.6) is 0 Å². The maximum Gasteiger partial charge on any atom is 0.241 e. The van der Waals surface area contributed by atoms with Crippen LogP contribution < -0.4 is 5.32 Å². The second kappa shape index (κ2) is 8.54. The Balaban J connectivity index is 1.60. The van der Waals surface area contributed by atoms with Crippen LogP contribution in [0, 0.1) is 0 Å². The third-order valence-corrected chi connectivity index (χ3v) is 5.62. The lowest BCUT2D eigenvalue weighted by Crippen LogP contribution is -2.47. The highest BCUT2D eigenvalue weighted by atomic mass is 32.2. The lowest BCUT2D eigenvalue weighted by Gasteiger charge is -2.34. The van der Waals surface area contributed by atoms with E-state index >= 15 is 0 Å². The minimum absolute atomic E-state index is 0.00956. The Bertz CT molecular complexity index is 696. The molecule has 1 aromatic carbocycles. The molecule has 2 aromatic rings. The lowest BCUT2D eigenvalue weighted by molar-refractivity contribution is -0.122. The van der Waals surface area contributed by atoms with Gasteiger partial charge in [-0.2, -0.15) is 0 Å². The highest BCUT2D eigenvalue weighted by molar-refractivity contribution is 7.99. The van der Waals surface area contributed by atoms with Gasteiger partial charge in [-0.3, -0.25) is 9.69 Å². The Morgan fingerprint density at radius 1 is 1.32 bits per heavy atom. The first-order chi connectivity index (χ1) is 12.2. The average Bonchev–Trinajstić information content (AvgIpc) is 3.02. The second-order valence-corrected chi connectivity index (χ2v) is 7.52. The van der Waals surface area contributed by atoms with E-state index in [4.69, 9.17) is 0 Å². The van der Waals surface area contributed by atoms with Gasteiger partial charge in [0.1, 0.15) is 0 Å². The molecule has 1 saturated heterocycles. The van der Waals surface area contributed by atoms with Crippen molar-refractivity contribution >= 4 is 23.4 Å². The summed E-state index contributed by atoms with van der Waals surface area (Å²) in [6.45, 7) is 4.20. The standard InChI is InChI=1S/C19H26N4OS/c1-3-12-23-13-5-4-6-17(23)18(24)21-15-7-9-16(10-8-15)25-19-20-11-14-22(19)2/h7-11,14,17H,3-6,12-13H2,1-2H3,(H,21,24). The summed E-state index contributed by atoms with van der Waals surface area (Å²) in [7, 11) is 1.98. The summed E-state index contributed by atoms with van der Waals surface area (Å²) in [5.41, 5.74) is 0.858. The molecule has 1 atom stereocenters. The van der Waals surface area contributed by atoms with Gasteiger partial charge in [0, 0.05) is 30.0 Å². The molecule has 0 radical (unpaired) electrons. The van der Waals surface area contributed by atoms with E-state index < -0.39 is 0 Å². The van der Waals surface area contributed by atoms with Crippen molar-refractivity contribution < 1.29 is 4.79 Å². The van der Waals surface area contributed by atoms with Crippen LogP contribution in [0.2, 0.25) is 0 Å². The Hall–Kier alpha value is -1.79. The number of piperidine rings is 1. The third-order valence-electron chi connectivity index (χ3n) is 4.54. The Kier molecular flexibility index (Phi) is 6.15. The predicted molar refractivity (Wildman–Crippen MR) is 102 cm³/mol. The Labute approximate surface area is 153 Å². The Morgan fingerprint density at radius 2 is 2.12 bits per heavy atom. The summed E-state index contributed by atoms with van der Waals surface area (Å²) in [4.78, 5) is 20.4. The SMILES string of the molecule is CCCN1CCCCC1C(=O)Nc1ccc(Sc2nccn2C)cc1. The van der Waals surface area contributed by atoms with Crippen molar-refractivity contribution in [3.63, 3.8) is 0 Å². The first-order valence-electron chi connectivity index (χ1n) is 8.97. The molecule has 0 saturated carbocycles. The van der Waals surface area contributed by atoms with Gasteiger partial charge >= 0.3 is 0 Å². The highest BCUT2D eigenvalue weighted by Crippen LogP contribution is 2.27. The molecule has 0 spiro atoms. The smallest absolute Gasteiger partial charge is 0.241 e. The number of likely N-dealkylation sites (tertiary alicyclic amines) is 1. The number of carbonyl (C=O) groups is 1. The summed E-state index contributed by atoms with van der Waals surface area (Å²) in [6.07, 6.45) is 8.11. The van der Waals surface area contributed by atoms with Crippen LogP contribution in [-0.2, 0) is 11.8 Å². The van der Waals surface area contributed by atoms with E-state index in [2.05, 4.69) is 22.1 Å². The van der Waals surface area contributed by atoms with E-state index in [1.54, 1.807) is 18.0 Å². The summed E-state index contributed by atoms with van der Waals surface area (Å²) in [6, 6.07) is 8.00. The molecule has 5 nitrogen and oxygen atoms in total. The van der Waals surface area contributed by atoms with Crippen LogP contribution in [0.15, 0.2) is 46.7 Å². The van der Waals surface area contributed by atoms with Gasteiger partial charge in [-0.15, -0.1) is 0 Å². The van der Waals surface area contributed by atoms with Crippen molar-refractivity contribution in [2.24, 2.45) is 7.05 Å². The average molecular weight is 359 g/mol. The van der Waals surface area contributed by atoms with E-state index in [1.165, 1.54) is 6.42 Å². The molecule has 1 aliphatic heterocycles. The van der Waals surface area contributed by atoms with Gasteiger partial charge in [-0.05, 0) is 56.6 Å². The molecule has 1 aliphatic rings. The number of rotatable bonds is 6. The summed E-state index contributed by atoms with van der Waals surface area (Å²) in [5.74, 6) is 0.123. The molecule has 25 heavy (non-hydrogen) atoms. The maximum atomic E-state index is 12.7. The van der Waals surface area contributed by atoms with E-state index in [9.17, 15) is 4.79 Å². The molecule has 1 aromatic heterocycles. The number of hydrogen-bond donors (Lipinski definition) is 1. The zero-order valence-corrected chi connectivity index (χ0v) is 15.8. The van der Waals surface area contributed by atoms with E-state index in [0.717, 1.165) is 48.1 Å². The number of nitrogens with one attached hydrogen (secondary N) is 1. The number of benzene rings is 1. The van der Waals surface area contributed by atoms with Gasteiger partial charge in [0.25, 0.3) is 0 Å². The molecule has 0 bridgehead atoms. The largest absolute Gasteiger partial charge is 0.329 e. The van der Waals surface area contributed by atoms with Crippen LogP contribution in [0.25, 0.3) is 0 Å². The topological polar surface area (TPSA) is 50.2 Å². The number of amides is 1. The lowest BCUT2D eigenvalue weighted by atomic mass is 10.0. The molecule has 3 rings (SSSR count). The number of carbonyl (C=O) groups excluding carboxylic acids is 1. The molecule has 6 heteroatoms. The van der Waals surface area contributed by atoms with Gasteiger partial charge < -0.3 is 9.88 Å². The van der Waals surface area contributed by atoms with Crippen LogP contribution >= 0.6 is 11.8 Å². The summed E-state index contributed by atoms with van der Waals surface area (Å²) >= 11 is 1.61. The third kappa shape index (κ3) is 4.64. The number of anilines is 1. The van der Waals surface area contributed by atoms with Gasteiger partial charge in [-0.25, -0.2) is 4.98 Å². The van der Waals surface area contributed by atoms with Gasteiger partial charge in [-0.1, -0.05) is 25.1 Å². The molecule has 1 amide bonds. The van der Waals surface area contributed by atoms with E-state index in [1.807, 2.05) is 42.1 Å². The van der Waals surface area contributed by atoms with Crippen molar-refractivity contribution in [1.29, 1.82) is 0 Å². The van der Waals surface area contributed by atoms with Crippen LogP contribution in [0.4, 0.5) is 5.69 Å². The van der Waals surface area contributed by atoms with Crippen LogP contribution in [0.3, 0.4) is 0 Å². The van der Waals surface area contributed by atoms with Crippen molar-refractivity contribution in [2.75, 3.05) is 18.4 Å². The van der Waals surface area contributed by atoms with Crippen molar-refractivity contribution in [3.8, 4) is 0 Å². The van der Waals surface area contributed by atoms with E-state index in [-0.39, 0.29) is 11.9 Å². The van der Waals surface area contributed by atoms with Gasteiger partial charge in [0.2, 0.25) is 5.91 Å². The minimum atomic E-state index is 0.00956. The monoisotopic (exact) mass is 358 g/mol. The Morgan fingerprint density at radius 3 is 2.80 bits per heavy atom. The number of imidazole rings is 1. The van der Waals surface area contributed by atoms with Crippen molar-refractivity contribution in [2.45, 2.75) is 48.7 Å². The fourth-order valence-corrected chi connectivity index (χ4v) is 4.03. The zero-order valence-electron chi connectivity index (χ0n) is 14.9. The molecule has 1 fully saturated rings. The first kappa shape index (κ1) is 18.0. The number of nitrogens with zero attached hydrogens (tertiary/aromatic N) is 3. The molecular formula is C19H26N4OS. The number of hydrogen-bond acceptors (Lipinski definition) is 4. The molecule has 0 aliphatic carbocycles. The van der Waals surface area contributed by atoms with Crippen molar-refractivity contribution in [1.82, 2.24) is 14.5 Å². The summed E-state index contributed by atoms with van der Waals surface area (Å²) in [5, 5.41) is 4.04. The molecule has 134 valence electrons. The van der Waals surface area contributed by atoms with Gasteiger partial charge in [0.05, 0.1) is 6.04 Å². The molecule has 1 unspecified atom stereocenters. The second-order valence-electron chi connectivity index (χ2n) is 6.48. The van der Waals surface area contributed by atoms with Crippen molar-refractivity contribution in [3.05, 3.63) is 36.7 Å². The van der Waals surface area contributed by atoms with E-state index in [0.29, 0.717) is 0 Å². The molecule has 1 N–H and O–H groups in total. The number of aromatic nitrogens is 2. The highest BCUT2D eigenvalue weighted by Gasteiger charge is 2.27. The fraction of sp³-hybridized carbons (Fsp3) is 0.474. The van der Waals surface area contributed by atoms with Crippen LogP contribution in [-0.4, -0.2) is 39.5 Å². The van der Waals surface area contributed by atoms with Crippen LogP contribution in [0.1, 0.15) is 32.6 Å². The first-order valence-corrected chi connectivity index (χ1v) is 9.79. The summed E-state index contributed by atoms with van der Waals surface area (Å²) < 4.78 is 1.99. The number of aryl methyl sites for hydroxylation is 1. The molecular weight excluding hydrogens is 332 g/mol. The quantitative estimate of drug-likeness (QED) is 0.854. The maximum absolute atomic E-state index is 12.7. The normalized spacial score (nSPS) is 18.2. The molecule has 2 heterocycles.